The molecular formula is C12H13BrN4O. The van der Waals surface area contributed by atoms with E-state index in [1.54, 1.807) is 23.1 Å². The summed E-state index contributed by atoms with van der Waals surface area (Å²) in [6.45, 7) is 2.10. The number of nitrogens with one attached hydrogen (secondary N) is 1. The molecule has 1 amide bonds. The number of aryl methyl sites for hydroxylation is 1. The summed E-state index contributed by atoms with van der Waals surface area (Å²) < 4.78 is 2.38. The zero-order valence-electron chi connectivity index (χ0n) is 9.85. The Balaban J connectivity index is 2.03. The number of nitrogens with zero attached hydrogens (tertiary/aromatic N) is 2. The highest BCUT2D eigenvalue weighted by Crippen LogP contribution is 2.19. The molecule has 0 bridgehead atoms. The molecule has 0 radical (unpaired) electrons. The Bertz CT molecular complexity index is 579. The molecule has 0 atom stereocenters. The minimum Gasteiger partial charge on any atom is -0.397 e. The van der Waals surface area contributed by atoms with Crippen molar-refractivity contribution < 1.29 is 4.79 Å². The van der Waals surface area contributed by atoms with E-state index in [-0.39, 0.29) is 12.5 Å². The van der Waals surface area contributed by atoms with Crippen molar-refractivity contribution in [2.45, 2.75) is 13.5 Å². The summed E-state index contributed by atoms with van der Waals surface area (Å²) in [4.78, 5) is 11.8. The first-order valence-electron chi connectivity index (χ1n) is 5.38. The monoisotopic (exact) mass is 308 g/mol. The number of aromatic nitrogens is 2. The van der Waals surface area contributed by atoms with Crippen LogP contribution in [0.15, 0.2) is 35.1 Å². The van der Waals surface area contributed by atoms with E-state index in [1.807, 2.05) is 19.1 Å². The lowest BCUT2D eigenvalue weighted by molar-refractivity contribution is -0.116. The number of amides is 1. The molecule has 0 saturated heterocycles. The van der Waals surface area contributed by atoms with E-state index in [0.29, 0.717) is 11.4 Å². The van der Waals surface area contributed by atoms with Crippen molar-refractivity contribution in [3.05, 3.63) is 40.6 Å². The molecule has 0 aliphatic carbocycles. The van der Waals surface area contributed by atoms with Gasteiger partial charge < -0.3 is 11.1 Å². The smallest absolute Gasteiger partial charge is 0.246 e. The van der Waals surface area contributed by atoms with Crippen LogP contribution in [0, 0.1) is 6.92 Å². The van der Waals surface area contributed by atoms with Gasteiger partial charge in [-0.3, -0.25) is 9.48 Å². The van der Waals surface area contributed by atoms with Crippen molar-refractivity contribution in [1.29, 1.82) is 0 Å². The number of carbonyl (C=O) groups is 1. The van der Waals surface area contributed by atoms with Crippen molar-refractivity contribution >= 4 is 33.2 Å². The topological polar surface area (TPSA) is 72.9 Å². The summed E-state index contributed by atoms with van der Waals surface area (Å²) in [5.41, 5.74) is 8.06. The number of nitrogen functional groups attached to an aromatic ring is 1. The van der Waals surface area contributed by atoms with Gasteiger partial charge in [0.25, 0.3) is 0 Å². The summed E-state index contributed by atoms with van der Waals surface area (Å²) in [7, 11) is 0. The van der Waals surface area contributed by atoms with Gasteiger partial charge in [-0.15, -0.1) is 0 Å². The Morgan fingerprint density at radius 3 is 2.94 bits per heavy atom. The van der Waals surface area contributed by atoms with Gasteiger partial charge in [0, 0.05) is 6.20 Å². The molecule has 6 heteroatoms. The molecule has 2 aromatic rings. The Labute approximate surface area is 113 Å². The number of carbonyl (C=O) groups excluding carboxylic acids is 1. The number of anilines is 2. The molecule has 0 aliphatic rings. The van der Waals surface area contributed by atoms with Crippen LogP contribution in [0.2, 0.25) is 0 Å². The van der Waals surface area contributed by atoms with Gasteiger partial charge in [-0.05, 0) is 40.5 Å². The highest BCUT2D eigenvalue weighted by molar-refractivity contribution is 9.10. The third-order valence-corrected chi connectivity index (χ3v) is 2.80. The van der Waals surface area contributed by atoms with E-state index < -0.39 is 0 Å². The van der Waals surface area contributed by atoms with Gasteiger partial charge >= 0.3 is 0 Å². The number of hydrogen-bond acceptors (Lipinski definition) is 3. The zero-order chi connectivity index (χ0) is 13.1. The van der Waals surface area contributed by atoms with Crippen LogP contribution < -0.4 is 11.1 Å². The zero-order valence-corrected chi connectivity index (χ0v) is 11.4. The molecule has 1 aromatic carbocycles. The molecule has 0 aliphatic heterocycles. The number of benzene rings is 1. The second-order valence-corrected chi connectivity index (χ2v) is 4.91. The predicted molar refractivity (Wildman–Crippen MR) is 74.1 cm³/mol. The van der Waals surface area contributed by atoms with Crippen molar-refractivity contribution in [1.82, 2.24) is 9.78 Å². The fourth-order valence-electron chi connectivity index (χ4n) is 1.56. The maximum atomic E-state index is 11.8. The highest BCUT2D eigenvalue weighted by atomic mass is 79.9. The van der Waals surface area contributed by atoms with Crippen LogP contribution in [-0.4, -0.2) is 15.7 Å². The fourth-order valence-corrected chi connectivity index (χ4v) is 1.89. The molecule has 0 unspecified atom stereocenters. The average Bonchev–Trinajstić information content (AvgIpc) is 2.68. The molecule has 2 rings (SSSR count). The Morgan fingerprint density at radius 1 is 1.56 bits per heavy atom. The van der Waals surface area contributed by atoms with Gasteiger partial charge in [0.15, 0.2) is 0 Å². The quantitative estimate of drug-likeness (QED) is 0.854. The van der Waals surface area contributed by atoms with Crippen LogP contribution in [0.5, 0.6) is 0 Å². The number of nitrogens with two attached hydrogens (primary N) is 1. The van der Waals surface area contributed by atoms with Gasteiger partial charge in [0.05, 0.1) is 22.0 Å². The van der Waals surface area contributed by atoms with E-state index in [9.17, 15) is 4.79 Å². The molecule has 3 N–H and O–H groups in total. The van der Waals surface area contributed by atoms with Crippen molar-refractivity contribution in [2.75, 3.05) is 11.1 Å². The van der Waals surface area contributed by atoms with Crippen LogP contribution in [0.1, 0.15) is 5.56 Å². The molecule has 1 heterocycles. The summed E-state index contributed by atoms with van der Waals surface area (Å²) >= 11 is 3.27. The third kappa shape index (κ3) is 3.10. The predicted octanol–water partition coefficient (Wildman–Crippen LogP) is 2.17. The van der Waals surface area contributed by atoms with Crippen LogP contribution in [-0.2, 0) is 11.3 Å². The SMILES string of the molecule is Cc1ccc(NC(=O)Cn2cc(Br)cn2)c(N)c1. The van der Waals surface area contributed by atoms with Gasteiger partial charge in [0.1, 0.15) is 6.54 Å². The van der Waals surface area contributed by atoms with Crippen LogP contribution in [0.3, 0.4) is 0 Å². The largest absolute Gasteiger partial charge is 0.397 e. The lowest BCUT2D eigenvalue weighted by Gasteiger charge is -2.08. The Hall–Kier alpha value is -1.82. The first-order valence-corrected chi connectivity index (χ1v) is 6.18. The minimum absolute atomic E-state index is 0.152. The Morgan fingerprint density at radius 2 is 2.33 bits per heavy atom. The molecule has 5 nitrogen and oxygen atoms in total. The minimum atomic E-state index is -0.166. The lowest BCUT2D eigenvalue weighted by atomic mass is 10.2. The van der Waals surface area contributed by atoms with Crippen LogP contribution in [0.4, 0.5) is 11.4 Å². The van der Waals surface area contributed by atoms with Gasteiger partial charge in [-0.25, -0.2) is 0 Å². The van der Waals surface area contributed by atoms with E-state index in [0.717, 1.165) is 10.0 Å². The number of halogens is 1. The van der Waals surface area contributed by atoms with E-state index in [2.05, 4.69) is 26.3 Å². The Kier molecular flexibility index (Phi) is 3.66. The molecule has 0 spiro atoms. The van der Waals surface area contributed by atoms with Crippen LogP contribution >= 0.6 is 15.9 Å². The van der Waals surface area contributed by atoms with Crippen molar-refractivity contribution in [3.8, 4) is 0 Å². The summed E-state index contributed by atoms with van der Waals surface area (Å²) in [5, 5.41) is 6.77. The third-order valence-electron chi connectivity index (χ3n) is 2.39. The first kappa shape index (κ1) is 12.6. The maximum Gasteiger partial charge on any atom is 0.246 e. The van der Waals surface area contributed by atoms with Crippen LogP contribution in [0.25, 0.3) is 0 Å². The molecule has 0 fully saturated rings. The molecule has 94 valence electrons. The molecular weight excluding hydrogens is 296 g/mol. The van der Waals surface area contributed by atoms with Gasteiger partial charge in [-0.1, -0.05) is 6.07 Å². The van der Waals surface area contributed by atoms with E-state index in [4.69, 9.17) is 5.73 Å². The molecule has 1 aromatic heterocycles. The number of rotatable bonds is 3. The van der Waals surface area contributed by atoms with Gasteiger partial charge in [-0.2, -0.15) is 5.10 Å². The van der Waals surface area contributed by atoms with E-state index in [1.165, 1.54) is 0 Å². The molecule has 18 heavy (non-hydrogen) atoms. The normalized spacial score (nSPS) is 10.3. The maximum absolute atomic E-state index is 11.8. The average molecular weight is 309 g/mol. The van der Waals surface area contributed by atoms with Gasteiger partial charge in [0.2, 0.25) is 5.91 Å². The fraction of sp³-hybridized carbons (Fsp3) is 0.167. The van der Waals surface area contributed by atoms with E-state index >= 15 is 0 Å². The summed E-state index contributed by atoms with van der Waals surface area (Å²) in [5.74, 6) is -0.166. The highest BCUT2D eigenvalue weighted by Gasteiger charge is 2.07. The van der Waals surface area contributed by atoms with Crippen molar-refractivity contribution in [2.24, 2.45) is 0 Å². The standard InChI is InChI=1S/C12H13BrN4O/c1-8-2-3-11(10(14)4-8)16-12(18)7-17-6-9(13)5-15-17/h2-6H,7,14H2,1H3,(H,16,18). The second-order valence-electron chi connectivity index (χ2n) is 4.00. The lowest BCUT2D eigenvalue weighted by Crippen LogP contribution is -2.19. The first-order chi connectivity index (χ1) is 8.54. The second kappa shape index (κ2) is 5.22. The summed E-state index contributed by atoms with van der Waals surface area (Å²) in [6.07, 6.45) is 3.37. The summed E-state index contributed by atoms with van der Waals surface area (Å²) in [6, 6.07) is 5.51. The number of hydrogen-bond donors (Lipinski definition) is 2. The molecule has 0 saturated carbocycles. The van der Waals surface area contributed by atoms with Crippen molar-refractivity contribution in [3.63, 3.8) is 0 Å².